The van der Waals surface area contributed by atoms with Crippen molar-refractivity contribution in [2.75, 3.05) is 5.32 Å². The predicted octanol–water partition coefficient (Wildman–Crippen LogP) is 0.135. The molecule has 2 aromatic heterocycles. The Morgan fingerprint density at radius 1 is 1.53 bits per heavy atom. The first-order valence-electron chi connectivity index (χ1n) is 4.78. The molecule has 0 aliphatic carbocycles. The number of aryl methyl sites for hydroxylation is 1. The number of carbonyl (C=O) groups is 1. The highest BCUT2D eigenvalue weighted by Crippen LogP contribution is 2.14. The zero-order valence-corrected chi connectivity index (χ0v) is 9.81. The van der Waals surface area contributed by atoms with Crippen LogP contribution in [0.5, 0.6) is 0 Å². The van der Waals surface area contributed by atoms with E-state index >= 15 is 0 Å². The lowest BCUT2D eigenvalue weighted by molar-refractivity contribution is -0.137. The van der Waals surface area contributed by atoms with Gasteiger partial charge >= 0.3 is 5.97 Å². The normalized spacial score (nSPS) is 10.4. The SMILES string of the molecule is Cc1nnc(NCc2cn(CC(=O)O)nn2)s1. The van der Waals surface area contributed by atoms with Crippen molar-refractivity contribution in [3.05, 3.63) is 16.9 Å². The third-order valence-corrected chi connectivity index (χ3v) is 2.63. The van der Waals surface area contributed by atoms with Crippen LogP contribution >= 0.6 is 11.3 Å². The lowest BCUT2D eigenvalue weighted by atomic mass is 10.5. The van der Waals surface area contributed by atoms with Gasteiger partial charge in [0.05, 0.1) is 12.7 Å². The van der Waals surface area contributed by atoms with Gasteiger partial charge in [-0.05, 0) is 6.92 Å². The van der Waals surface area contributed by atoms with E-state index in [1.165, 1.54) is 16.0 Å². The molecule has 2 heterocycles. The topological polar surface area (TPSA) is 106 Å². The number of nitrogens with one attached hydrogen (secondary N) is 1. The number of carboxylic acids is 1. The monoisotopic (exact) mass is 254 g/mol. The van der Waals surface area contributed by atoms with Crippen LogP contribution in [0.2, 0.25) is 0 Å². The van der Waals surface area contributed by atoms with E-state index in [0.29, 0.717) is 17.4 Å². The molecular formula is C8H10N6O2S. The van der Waals surface area contributed by atoms with Crippen LogP contribution in [0.15, 0.2) is 6.20 Å². The van der Waals surface area contributed by atoms with Gasteiger partial charge in [-0.3, -0.25) is 4.79 Å². The second kappa shape index (κ2) is 4.87. The molecule has 90 valence electrons. The third-order valence-electron chi connectivity index (χ3n) is 1.83. The number of aliphatic carboxylic acids is 1. The molecule has 8 nitrogen and oxygen atoms in total. The first-order valence-corrected chi connectivity index (χ1v) is 5.60. The highest BCUT2D eigenvalue weighted by Gasteiger charge is 2.05. The van der Waals surface area contributed by atoms with Gasteiger partial charge < -0.3 is 10.4 Å². The second-order valence-corrected chi connectivity index (χ2v) is 4.46. The van der Waals surface area contributed by atoms with E-state index in [1.54, 1.807) is 6.20 Å². The van der Waals surface area contributed by atoms with Gasteiger partial charge in [-0.1, -0.05) is 16.6 Å². The fraction of sp³-hybridized carbons (Fsp3) is 0.375. The predicted molar refractivity (Wildman–Crippen MR) is 59.6 cm³/mol. The van der Waals surface area contributed by atoms with Crippen molar-refractivity contribution in [3.8, 4) is 0 Å². The molecule has 0 radical (unpaired) electrons. The summed E-state index contributed by atoms with van der Waals surface area (Å²) in [6.45, 7) is 2.12. The molecule has 17 heavy (non-hydrogen) atoms. The van der Waals surface area contributed by atoms with Crippen LogP contribution in [0.3, 0.4) is 0 Å². The van der Waals surface area contributed by atoms with Crippen molar-refractivity contribution in [2.45, 2.75) is 20.0 Å². The van der Waals surface area contributed by atoms with E-state index in [2.05, 4.69) is 25.8 Å². The van der Waals surface area contributed by atoms with Gasteiger partial charge in [-0.15, -0.1) is 15.3 Å². The molecule has 2 N–H and O–H groups in total. The fourth-order valence-electron chi connectivity index (χ4n) is 1.17. The average molecular weight is 254 g/mol. The molecule has 0 unspecified atom stereocenters. The summed E-state index contributed by atoms with van der Waals surface area (Å²) in [6, 6.07) is 0. The summed E-state index contributed by atoms with van der Waals surface area (Å²) in [5.74, 6) is -0.950. The largest absolute Gasteiger partial charge is 0.480 e. The van der Waals surface area contributed by atoms with Crippen LogP contribution in [0.4, 0.5) is 5.13 Å². The summed E-state index contributed by atoms with van der Waals surface area (Å²) in [4.78, 5) is 10.4. The quantitative estimate of drug-likeness (QED) is 0.781. The minimum absolute atomic E-state index is 0.190. The van der Waals surface area contributed by atoms with Crippen LogP contribution in [0.1, 0.15) is 10.7 Å². The summed E-state index contributed by atoms with van der Waals surface area (Å²) in [6.07, 6.45) is 1.58. The first kappa shape index (κ1) is 11.5. The number of carboxylic acid groups (broad SMARTS) is 1. The maximum Gasteiger partial charge on any atom is 0.325 e. The van der Waals surface area contributed by atoms with Crippen LogP contribution in [-0.2, 0) is 17.9 Å². The van der Waals surface area contributed by atoms with Gasteiger partial charge in [0.1, 0.15) is 17.2 Å². The molecule has 0 bridgehead atoms. The molecule has 0 aliphatic rings. The molecule has 0 spiro atoms. The van der Waals surface area contributed by atoms with Gasteiger partial charge in [-0.2, -0.15) is 0 Å². The van der Waals surface area contributed by atoms with E-state index in [1.807, 2.05) is 6.92 Å². The zero-order valence-electron chi connectivity index (χ0n) is 8.99. The Hall–Kier alpha value is -2.03. The molecule has 0 fully saturated rings. The molecule has 2 aromatic rings. The van der Waals surface area contributed by atoms with Gasteiger partial charge in [0.15, 0.2) is 0 Å². The summed E-state index contributed by atoms with van der Waals surface area (Å²) in [5.41, 5.74) is 0.652. The Kier molecular flexibility index (Phi) is 3.28. The van der Waals surface area contributed by atoms with Crippen molar-refractivity contribution in [3.63, 3.8) is 0 Å². The molecule has 9 heteroatoms. The average Bonchev–Trinajstić information content (AvgIpc) is 2.84. The van der Waals surface area contributed by atoms with Crippen molar-refractivity contribution in [2.24, 2.45) is 0 Å². The van der Waals surface area contributed by atoms with E-state index < -0.39 is 5.97 Å². The molecule has 0 saturated carbocycles. The van der Waals surface area contributed by atoms with Crippen LogP contribution in [0.25, 0.3) is 0 Å². The molecule has 0 aliphatic heterocycles. The number of anilines is 1. The third kappa shape index (κ3) is 3.21. The van der Waals surface area contributed by atoms with Crippen molar-refractivity contribution < 1.29 is 9.90 Å². The minimum atomic E-state index is -0.950. The van der Waals surface area contributed by atoms with E-state index in [0.717, 1.165) is 5.01 Å². The number of aromatic nitrogens is 5. The molecule has 0 saturated heterocycles. The summed E-state index contributed by atoms with van der Waals surface area (Å²) in [5, 5.41) is 28.5. The Bertz CT molecular complexity index is 522. The number of nitrogens with zero attached hydrogens (tertiary/aromatic N) is 5. The van der Waals surface area contributed by atoms with E-state index in [-0.39, 0.29) is 6.54 Å². The van der Waals surface area contributed by atoms with Crippen LogP contribution in [0, 0.1) is 6.92 Å². The van der Waals surface area contributed by atoms with Crippen molar-refractivity contribution in [1.29, 1.82) is 0 Å². The number of rotatable bonds is 5. The molecule has 2 rings (SSSR count). The Labute approximate surface area is 100 Å². The smallest absolute Gasteiger partial charge is 0.325 e. The lowest BCUT2D eigenvalue weighted by Crippen LogP contribution is -2.09. The molecule has 0 aromatic carbocycles. The standard InChI is InChI=1S/C8H10N6O2S/c1-5-10-12-8(17-5)9-2-6-3-14(13-11-6)4-7(15)16/h3H,2,4H2,1H3,(H,9,12)(H,15,16). The molecule has 0 atom stereocenters. The first-order chi connectivity index (χ1) is 8.13. The van der Waals surface area contributed by atoms with E-state index in [9.17, 15) is 4.79 Å². The fourth-order valence-corrected chi connectivity index (χ4v) is 1.76. The van der Waals surface area contributed by atoms with Crippen LogP contribution < -0.4 is 5.32 Å². The second-order valence-electron chi connectivity index (χ2n) is 3.28. The van der Waals surface area contributed by atoms with Gasteiger partial charge in [0.2, 0.25) is 5.13 Å². The van der Waals surface area contributed by atoms with Crippen molar-refractivity contribution >= 4 is 22.4 Å². The van der Waals surface area contributed by atoms with Crippen molar-refractivity contribution in [1.82, 2.24) is 25.2 Å². The summed E-state index contributed by atoms with van der Waals surface area (Å²) < 4.78 is 1.27. The van der Waals surface area contributed by atoms with Gasteiger partial charge in [0, 0.05) is 0 Å². The summed E-state index contributed by atoms with van der Waals surface area (Å²) in [7, 11) is 0. The Morgan fingerprint density at radius 3 is 3.00 bits per heavy atom. The molecule has 0 amide bonds. The highest BCUT2D eigenvalue weighted by molar-refractivity contribution is 7.15. The highest BCUT2D eigenvalue weighted by atomic mass is 32.1. The maximum absolute atomic E-state index is 10.4. The Morgan fingerprint density at radius 2 is 2.35 bits per heavy atom. The minimum Gasteiger partial charge on any atom is -0.480 e. The van der Waals surface area contributed by atoms with Gasteiger partial charge in [-0.25, -0.2) is 4.68 Å². The maximum atomic E-state index is 10.4. The summed E-state index contributed by atoms with van der Waals surface area (Å²) >= 11 is 1.44. The van der Waals surface area contributed by atoms with E-state index in [4.69, 9.17) is 5.11 Å². The van der Waals surface area contributed by atoms with Gasteiger partial charge in [0.25, 0.3) is 0 Å². The zero-order chi connectivity index (χ0) is 12.3. The molecular weight excluding hydrogens is 244 g/mol. The van der Waals surface area contributed by atoms with Crippen LogP contribution in [-0.4, -0.2) is 36.3 Å². The number of hydrogen-bond donors (Lipinski definition) is 2. The Balaban J connectivity index is 1.91. The number of hydrogen-bond acceptors (Lipinski definition) is 7. The lowest BCUT2D eigenvalue weighted by Gasteiger charge is -1.96.